The maximum atomic E-state index is 5.57. The van der Waals surface area contributed by atoms with Gasteiger partial charge in [0.25, 0.3) is 0 Å². The van der Waals surface area contributed by atoms with Crippen LogP contribution in [0.1, 0.15) is 0 Å². The Bertz CT molecular complexity index is 889. The SMILES string of the molecule is Nc1ncc2c(-c3ccn4ncnc4c3)c[nH]c2n1. The van der Waals surface area contributed by atoms with E-state index in [4.69, 9.17) is 5.73 Å². The smallest absolute Gasteiger partial charge is 0.221 e. The number of nitrogens with two attached hydrogens (primary N) is 1. The van der Waals surface area contributed by atoms with Crippen LogP contribution in [0.5, 0.6) is 0 Å². The number of aromatic amines is 1. The van der Waals surface area contributed by atoms with Crippen molar-refractivity contribution in [1.29, 1.82) is 0 Å². The minimum Gasteiger partial charge on any atom is -0.368 e. The molecular formula is C12H9N7. The van der Waals surface area contributed by atoms with Crippen molar-refractivity contribution in [3.8, 4) is 11.1 Å². The molecule has 0 radical (unpaired) electrons. The molecule has 0 amide bonds. The Hall–Kier alpha value is -2.96. The second kappa shape index (κ2) is 3.52. The van der Waals surface area contributed by atoms with Gasteiger partial charge in [-0.1, -0.05) is 0 Å². The Morgan fingerprint density at radius 3 is 3.16 bits per heavy atom. The summed E-state index contributed by atoms with van der Waals surface area (Å²) in [6.07, 6.45) is 7.01. The van der Waals surface area contributed by atoms with Gasteiger partial charge < -0.3 is 10.7 Å². The second-order valence-electron chi connectivity index (χ2n) is 4.17. The Morgan fingerprint density at radius 1 is 1.26 bits per heavy atom. The third-order valence-electron chi connectivity index (χ3n) is 3.04. The molecule has 7 heteroatoms. The predicted octanol–water partition coefficient (Wildman–Crippen LogP) is 1.25. The molecule has 0 saturated carbocycles. The molecule has 7 nitrogen and oxygen atoms in total. The minimum absolute atomic E-state index is 0.258. The van der Waals surface area contributed by atoms with Crippen LogP contribution in [0.2, 0.25) is 0 Å². The van der Waals surface area contributed by atoms with Crippen molar-refractivity contribution in [2.24, 2.45) is 0 Å². The number of pyridine rings is 1. The minimum atomic E-state index is 0.258. The topological polar surface area (TPSA) is 97.8 Å². The Morgan fingerprint density at radius 2 is 2.21 bits per heavy atom. The number of hydrogen-bond acceptors (Lipinski definition) is 5. The van der Waals surface area contributed by atoms with Crippen LogP contribution in [-0.4, -0.2) is 29.5 Å². The molecule has 0 bridgehead atoms. The van der Waals surface area contributed by atoms with Crippen LogP contribution in [0.25, 0.3) is 27.8 Å². The molecule has 0 unspecified atom stereocenters. The lowest BCUT2D eigenvalue weighted by Crippen LogP contribution is -1.93. The summed E-state index contributed by atoms with van der Waals surface area (Å²) in [5.74, 6) is 0.258. The van der Waals surface area contributed by atoms with Crippen LogP contribution >= 0.6 is 0 Å². The van der Waals surface area contributed by atoms with E-state index in [0.29, 0.717) is 0 Å². The number of aromatic nitrogens is 6. The van der Waals surface area contributed by atoms with Gasteiger partial charge in [0, 0.05) is 29.5 Å². The summed E-state index contributed by atoms with van der Waals surface area (Å²) in [5, 5.41) is 5.00. The summed E-state index contributed by atoms with van der Waals surface area (Å²) in [6, 6.07) is 3.94. The molecule has 4 heterocycles. The van der Waals surface area contributed by atoms with Crippen molar-refractivity contribution in [3.63, 3.8) is 0 Å². The van der Waals surface area contributed by atoms with E-state index in [-0.39, 0.29) is 5.95 Å². The lowest BCUT2D eigenvalue weighted by molar-refractivity contribution is 0.962. The molecule has 0 saturated heterocycles. The first-order valence-electron chi connectivity index (χ1n) is 5.70. The lowest BCUT2D eigenvalue weighted by Gasteiger charge is -2.00. The molecule has 0 aromatic carbocycles. The van der Waals surface area contributed by atoms with E-state index in [0.717, 1.165) is 27.8 Å². The predicted molar refractivity (Wildman–Crippen MR) is 70.3 cm³/mol. The highest BCUT2D eigenvalue weighted by Crippen LogP contribution is 2.27. The van der Waals surface area contributed by atoms with Crippen LogP contribution in [0.4, 0.5) is 5.95 Å². The van der Waals surface area contributed by atoms with Crippen molar-refractivity contribution >= 4 is 22.6 Å². The monoisotopic (exact) mass is 251 g/mol. The average Bonchev–Trinajstić information content (AvgIpc) is 3.02. The van der Waals surface area contributed by atoms with Gasteiger partial charge in [-0.2, -0.15) is 10.1 Å². The molecule has 0 aliphatic heterocycles. The van der Waals surface area contributed by atoms with Gasteiger partial charge in [0.15, 0.2) is 5.65 Å². The molecule has 0 spiro atoms. The van der Waals surface area contributed by atoms with E-state index >= 15 is 0 Å². The second-order valence-corrected chi connectivity index (χ2v) is 4.17. The van der Waals surface area contributed by atoms with Crippen molar-refractivity contribution < 1.29 is 0 Å². The zero-order chi connectivity index (χ0) is 12.8. The fraction of sp³-hybridized carbons (Fsp3) is 0. The van der Waals surface area contributed by atoms with Gasteiger partial charge in [-0.15, -0.1) is 0 Å². The normalized spacial score (nSPS) is 11.4. The highest BCUT2D eigenvalue weighted by molar-refractivity contribution is 5.93. The van der Waals surface area contributed by atoms with Crippen LogP contribution in [0.15, 0.2) is 37.1 Å². The zero-order valence-corrected chi connectivity index (χ0v) is 9.78. The first-order valence-corrected chi connectivity index (χ1v) is 5.70. The number of nitrogens with zero attached hydrogens (tertiary/aromatic N) is 5. The molecule has 0 atom stereocenters. The van der Waals surface area contributed by atoms with E-state index < -0.39 is 0 Å². The highest BCUT2D eigenvalue weighted by Gasteiger charge is 2.09. The number of nitrogens with one attached hydrogen (secondary N) is 1. The van der Waals surface area contributed by atoms with Crippen molar-refractivity contribution in [2.75, 3.05) is 5.73 Å². The number of hydrogen-bond donors (Lipinski definition) is 2. The molecule has 0 aliphatic carbocycles. The van der Waals surface area contributed by atoms with Gasteiger partial charge in [-0.05, 0) is 17.7 Å². The molecule has 3 N–H and O–H groups in total. The fourth-order valence-corrected chi connectivity index (χ4v) is 2.14. The van der Waals surface area contributed by atoms with Gasteiger partial charge in [-0.25, -0.2) is 14.5 Å². The van der Waals surface area contributed by atoms with Crippen molar-refractivity contribution in [2.45, 2.75) is 0 Å². The Kier molecular flexibility index (Phi) is 1.85. The van der Waals surface area contributed by atoms with Crippen molar-refractivity contribution in [3.05, 3.63) is 37.1 Å². The van der Waals surface area contributed by atoms with Crippen LogP contribution in [0, 0.1) is 0 Å². The van der Waals surface area contributed by atoms with Gasteiger partial charge >= 0.3 is 0 Å². The summed E-state index contributed by atoms with van der Waals surface area (Å²) in [6.45, 7) is 0. The molecule has 19 heavy (non-hydrogen) atoms. The number of fused-ring (bicyclic) bond motifs is 2. The van der Waals surface area contributed by atoms with E-state index in [1.807, 2.05) is 24.5 Å². The quantitative estimate of drug-likeness (QED) is 0.530. The molecule has 0 fully saturated rings. The highest BCUT2D eigenvalue weighted by atomic mass is 15.3. The maximum Gasteiger partial charge on any atom is 0.221 e. The Balaban J connectivity index is 1.97. The summed E-state index contributed by atoms with van der Waals surface area (Å²) >= 11 is 0. The summed E-state index contributed by atoms with van der Waals surface area (Å²) in [7, 11) is 0. The van der Waals surface area contributed by atoms with Gasteiger partial charge in [-0.3, -0.25) is 0 Å². The summed E-state index contributed by atoms with van der Waals surface area (Å²) in [4.78, 5) is 15.5. The third-order valence-corrected chi connectivity index (χ3v) is 3.04. The van der Waals surface area contributed by atoms with Gasteiger partial charge in [0.2, 0.25) is 5.95 Å². The van der Waals surface area contributed by atoms with E-state index in [1.165, 1.54) is 6.33 Å². The van der Waals surface area contributed by atoms with Crippen LogP contribution < -0.4 is 5.73 Å². The lowest BCUT2D eigenvalue weighted by atomic mass is 10.1. The molecule has 4 aromatic rings. The van der Waals surface area contributed by atoms with Gasteiger partial charge in [0.1, 0.15) is 12.0 Å². The summed E-state index contributed by atoms with van der Waals surface area (Å²) < 4.78 is 1.72. The number of H-pyrrole nitrogens is 1. The van der Waals surface area contributed by atoms with E-state index in [2.05, 4.69) is 25.0 Å². The molecule has 0 aliphatic rings. The number of nitrogen functional groups attached to an aromatic ring is 1. The molecule has 92 valence electrons. The molecule has 4 rings (SSSR count). The standard InChI is InChI=1S/C12H9N7/c13-12-15-5-9-8(4-14-11(9)18-12)7-1-2-19-10(3-7)16-6-17-19/h1-6H,(H3,13,14,15,18). The summed E-state index contributed by atoms with van der Waals surface area (Å²) in [5.41, 5.74) is 9.13. The zero-order valence-electron chi connectivity index (χ0n) is 9.78. The molecule has 4 aromatic heterocycles. The van der Waals surface area contributed by atoms with Crippen molar-refractivity contribution in [1.82, 2.24) is 29.5 Å². The van der Waals surface area contributed by atoms with Gasteiger partial charge in [0.05, 0.1) is 0 Å². The average molecular weight is 251 g/mol. The fourth-order valence-electron chi connectivity index (χ4n) is 2.14. The third kappa shape index (κ3) is 1.45. The maximum absolute atomic E-state index is 5.57. The Labute approximate surface area is 107 Å². The first kappa shape index (κ1) is 10.0. The van der Waals surface area contributed by atoms with Crippen LogP contribution in [0.3, 0.4) is 0 Å². The number of rotatable bonds is 1. The molecular weight excluding hydrogens is 242 g/mol. The number of anilines is 1. The largest absolute Gasteiger partial charge is 0.368 e. The van der Waals surface area contributed by atoms with Crippen LogP contribution in [-0.2, 0) is 0 Å². The van der Waals surface area contributed by atoms with E-state index in [9.17, 15) is 0 Å². The van der Waals surface area contributed by atoms with E-state index in [1.54, 1.807) is 10.7 Å². The first-order chi connectivity index (χ1) is 9.31.